The van der Waals surface area contributed by atoms with Gasteiger partial charge in [-0.1, -0.05) is 44.2 Å². The fraction of sp³-hybridized carbons (Fsp3) is 0.471. The first-order valence-electron chi connectivity index (χ1n) is 7.97. The number of primary amides is 1. The van der Waals surface area contributed by atoms with E-state index in [2.05, 4.69) is 16.0 Å². The molecule has 0 aliphatic heterocycles. The average Bonchev–Trinajstić information content (AvgIpc) is 2.53. The highest BCUT2D eigenvalue weighted by molar-refractivity contribution is 5.91. The van der Waals surface area contributed by atoms with E-state index in [1.807, 2.05) is 44.2 Å². The predicted octanol–water partition coefficient (Wildman–Crippen LogP) is 0.543. The molecular weight excluding hydrogens is 308 g/mol. The molecule has 0 saturated carbocycles. The summed E-state index contributed by atoms with van der Waals surface area (Å²) in [5, 5.41) is 7.77. The standard InChI is InChI=1S/C17H26N4O3/c1-11(2)10-19-17(24)20-12(3)16(23)21-14(15(18)22)9-13-7-5-4-6-8-13/h4-8,11-12,14H,9-10H2,1-3H3,(H2,18,22)(H,21,23)(H2,19,20,24)/t12-,14-/m0/s1. The molecule has 2 atom stereocenters. The Bertz CT molecular complexity index is 560. The molecule has 4 amide bonds. The molecule has 132 valence electrons. The van der Waals surface area contributed by atoms with E-state index >= 15 is 0 Å². The molecular formula is C17H26N4O3. The topological polar surface area (TPSA) is 113 Å². The van der Waals surface area contributed by atoms with E-state index in [4.69, 9.17) is 5.73 Å². The quantitative estimate of drug-likeness (QED) is 0.556. The van der Waals surface area contributed by atoms with Crippen molar-refractivity contribution in [1.82, 2.24) is 16.0 Å². The van der Waals surface area contributed by atoms with Gasteiger partial charge in [-0.2, -0.15) is 0 Å². The minimum atomic E-state index is -0.831. The molecule has 0 heterocycles. The van der Waals surface area contributed by atoms with Gasteiger partial charge in [-0.15, -0.1) is 0 Å². The predicted molar refractivity (Wildman–Crippen MR) is 92.1 cm³/mol. The van der Waals surface area contributed by atoms with Crippen LogP contribution < -0.4 is 21.7 Å². The Balaban J connectivity index is 2.55. The molecule has 1 aromatic rings. The van der Waals surface area contributed by atoms with Crippen LogP contribution in [0.5, 0.6) is 0 Å². The van der Waals surface area contributed by atoms with E-state index in [1.54, 1.807) is 6.92 Å². The molecule has 0 fully saturated rings. The number of nitrogens with two attached hydrogens (primary N) is 1. The fourth-order valence-electron chi connectivity index (χ4n) is 1.98. The smallest absolute Gasteiger partial charge is 0.315 e. The monoisotopic (exact) mass is 334 g/mol. The molecule has 0 aliphatic carbocycles. The lowest BCUT2D eigenvalue weighted by Crippen LogP contribution is -2.54. The largest absolute Gasteiger partial charge is 0.368 e. The zero-order valence-electron chi connectivity index (χ0n) is 14.3. The molecule has 7 nitrogen and oxygen atoms in total. The lowest BCUT2D eigenvalue weighted by atomic mass is 10.1. The summed E-state index contributed by atoms with van der Waals surface area (Å²) in [6, 6.07) is 7.22. The maximum atomic E-state index is 12.2. The second-order valence-corrected chi connectivity index (χ2v) is 6.12. The molecule has 0 spiro atoms. The van der Waals surface area contributed by atoms with E-state index in [-0.39, 0.29) is 0 Å². The molecule has 0 bridgehead atoms. The van der Waals surface area contributed by atoms with Crippen molar-refractivity contribution in [3.63, 3.8) is 0 Å². The summed E-state index contributed by atoms with van der Waals surface area (Å²) < 4.78 is 0. The minimum absolute atomic E-state index is 0.300. The summed E-state index contributed by atoms with van der Waals surface area (Å²) >= 11 is 0. The van der Waals surface area contributed by atoms with Gasteiger partial charge in [-0.3, -0.25) is 9.59 Å². The third-order valence-electron chi connectivity index (χ3n) is 3.35. The second-order valence-electron chi connectivity index (χ2n) is 6.12. The maximum absolute atomic E-state index is 12.2. The molecule has 7 heteroatoms. The first kappa shape index (κ1) is 19.5. The Hall–Kier alpha value is -2.57. The number of urea groups is 1. The van der Waals surface area contributed by atoms with Gasteiger partial charge in [0.1, 0.15) is 12.1 Å². The Morgan fingerprint density at radius 1 is 1.04 bits per heavy atom. The molecule has 0 radical (unpaired) electrons. The van der Waals surface area contributed by atoms with Crippen molar-refractivity contribution in [2.75, 3.05) is 6.54 Å². The second kappa shape index (κ2) is 9.54. The van der Waals surface area contributed by atoms with Gasteiger partial charge in [0.05, 0.1) is 0 Å². The van der Waals surface area contributed by atoms with Gasteiger partial charge < -0.3 is 21.7 Å². The number of hydrogen-bond acceptors (Lipinski definition) is 3. The normalized spacial score (nSPS) is 13.0. The summed E-state index contributed by atoms with van der Waals surface area (Å²) in [6.45, 7) is 6.00. The van der Waals surface area contributed by atoms with Crippen LogP contribution in [0.1, 0.15) is 26.3 Å². The number of hydrogen-bond donors (Lipinski definition) is 4. The molecule has 24 heavy (non-hydrogen) atoms. The molecule has 0 saturated heterocycles. The van der Waals surface area contributed by atoms with Crippen LogP contribution in [0.4, 0.5) is 4.79 Å². The van der Waals surface area contributed by atoms with Gasteiger partial charge in [0, 0.05) is 13.0 Å². The average molecular weight is 334 g/mol. The van der Waals surface area contributed by atoms with Crippen LogP contribution in [0.15, 0.2) is 30.3 Å². The maximum Gasteiger partial charge on any atom is 0.315 e. The molecule has 0 unspecified atom stereocenters. The van der Waals surface area contributed by atoms with E-state index < -0.39 is 29.9 Å². The van der Waals surface area contributed by atoms with Crippen LogP contribution in [-0.4, -0.2) is 36.5 Å². The number of amides is 4. The van der Waals surface area contributed by atoms with Crippen molar-refractivity contribution in [2.24, 2.45) is 11.7 Å². The number of carbonyl (C=O) groups is 3. The molecule has 1 rings (SSSR count). The summed E-state index contributed by atoms with van der Waals surface area (Å²) in [5.41, 5.74) is 6.25. The van der Waals surface area contributed by atoms with E-state index in [0.29, 0.717) is 18.9 Å². The van der Waals surface area contributed by atoms with E-state index in [0.717, 1.165) is 5.56 Å². The van der Waals surface area contributed by atoms with Crippen molar-refractivity contribution in [1.29, 1.82) is 0 Å². The van der Waals surface area contributed by atoms with Crippen LogP contribution >= 0.6 is 0 Å². The Labute approximate surface area is 142 Å². The van der Waals surface area contributed by atoms with Crippen molar-refractivity contribution >= 4 is 17.8 Å². The van der Waals surface area contributed by atoms with Crippen molar-refractivity contribution in [2.45, 2.75) is 39.3 Å². The highest BCUT2D eigenvalue weighted by atomic mass is 16.2. The zero-order chi connectivity index (χ0) is 18.1. The van der Waals surface area contributed by atoms with Crippen molar-refractivity contribution < 1.29 is 14.4 Å². The van der Waals surface area contributed by atoms with Crippen LogP contribution in [0, 0.1) is 5.92 Å². The van der Waals surface area contributed by atoms with Crippen molar-refractivity contribution in [3.05, 3.63) is 35.9 Å². The molecule has 1 aromatic carbocycles. The number of benzene rings is 1. The van der Waals surface area contributed by atoms with Crippen LogP contribution in [0.25, 0.3) is 0 Å². The van der Waals surface area contributed by atoms with Crippen LogP contribution in [0.2, 0.25) is 0 Å². The zero-order valence-corrected chi connectivity index (χ0v) is 14.3. The highest BCUT2D eigenvalue weighted by Gasteiger charge is 2.22. The number of carbonyl (C=O) groups excluding carboxylic acids is 3. The van der Waals surface area contributed by atoms with Gasteiger partial charge >= 0.3 is 6.03 Å². The summed E-state index contributed by atoms with van der Waals surface area (Å²) in [6.07, 6.45) is 0.300. The lowest BCUT2D eigenvalue weighted by Gasteiger charge is -2.20. The summed E-state index contributed by atoms with van der Waals surface area (Å²) in [5.74, 6) is -0.775. The summed E-state index contributed by atoms with van der Waals surface area (Å²) in [7, 11) is 0. The van der Waals surface area contributed by atoms with Crippen LogP contribution in [-0.2, 0) is 16.0 Å². The number of rotatable bonds is 8. The molecule has 5 N–H and O–H groups in total. The lowest BCUT2D eigenvalue weighted by molar-refractivity contribution is -0.128. The van der Waals surface area contributed by atoms with Gasteiger partial charge in [0.2, 0.25) is 11.8 Å². The first-order valence-corrected chi connectivity index (χ1v) is 7.97. The van der Waals surface area contributed by atoms with Gasteiger partial charge in [-0.05, 0) is 18.4 Å². The van der Waals surface area contributed by atoms with Crippen LogP contribution in [0.3, 0.4) is 0 Å². The van der Waals surface area contributed by atoms with E-state index in [9.17, 15) is 14.4 Å². The Morgan fingerprint density at radius 2 is 1.67 bits per heavy atom. The Kier molecular flexibility index (Phi) is 7.74. The van der Waals surface area contributed by atoms with Gasteiger partial charge in [0.25, 0.3) is 0 Å². The fourth-order valence-corrected chi connectivity index (χ4v) is 1.98. The first-order chi connectivity index (χ1) is 11.3. The third kappa shape index (κ3) is 7.13. The number of nitrogens with one attached hydrogen (secondary N) is 3. The Morgan fingerprint density at radius 3 is 2.21 bits per heavy atom. The SMILES string of the molecule is CC(C)CNC(=O)N[C@@H](C)C(=O)N[C@@H](Cc1ccccc1)C(N)=O. The van der Waals surface area contributed by atoms with E-state index in [1.165, 1.54) is 0 Å². The van der Waals surface area contributed by atoms with Gasteiger partial charge in [0.15, 0.2) is 0 Å². The van der Waals surface area contributed by atoms with Gasteiger partial charge in [-0.25, -0.2) is 4.79 Å². The third-order valence-corrected chi connectivity index (χ3v) is 3.35. The molecule has 0 aromatic heterocycles. The summed E-state index contributed by atoms with van der Waals surface area (Å²) in [4.78, 5) is 35.4. The highest BCUT2D eigenvalue weighted by Crippen LogP contribution is 2.03. The molecule has 0 aliphatic rings. The minimum Gasteiger partial charge on any atom is -0.368 e. The van der Waals surface area contributed by atoms with Crippen molar-refractivity contribution in [3.8, 4) is 0 Å².